The molecule has 0 unspecified atom stereocenters. The maximum absolute atomic E-state index is 15.1. The molecular formula is C24H26FN5O3. The fourth-order valence-electron chi connectivity index (χ4n) is 4.97. The number of alkyl halides is 1. The second-order valence-corrected chi connectivity index (χ2v) is 9.31. The highest BCUT2D eigenvalue weighted by atomic mass is 19.1. The number of methoxy groups -OCH3 is 1. The van der Waals surface area contributed by atoms with Gasteiger partial charge in [-0.3, -0.25) is 0 Å². The summed E-state index contributed by atoms with van der Waals surface area (Å²) in [6.07, 6.45) is 3.52. The maximum Gasteiger partial charge on any atom is 0.336 e. The molecule has 8 nitrogen and oxygen atoms in total. The lowest BCUT2D eigenvalue weighted by atomic mass is 9.85. The van der Waals surface area contributed by atoms with Gasteiger partial charge in [0.25, 0.3) is 0 Å². The third-order valence-corrected chi connectivity index (χ3v) is 6.72. The molecule has 172 valence electrons. The number of phenols is 1. The van der Waals surface area contributed by atoms with Crippen molar-refractivity contribution in [3.63, 3.8) is 0 Å². The molecule has 2 N–H and O–H groups in total. The minimum atomic E-state index is -1.17. The lowest BCUT2D eigenvalue weighted by molar-refractivity contribution is -0.0119. The first kappa shape index (κ1) is 21.5. The Hall–Kier alpha value is -3.33. The van der Waals surface area contributed by atoms with Crippen LogP contribution in [0.15, 0.2) is 42.7 Å². The quantitative estimate of drug-likeness (QED) is 0.605. The average Bonchev–Trinajstić information content (AvgIpc) is 3.09. The Morgan fingerprint density at radius 2 is 1.91 bits per heavy atom. The van der Waals surface area contributed by atoms with E-state index in [4.69, 9.17) is 9.47 Å². The minimum absolute atomic E-state index is 0.0277. The lowest BCUT2D eigenvalue weighted by Gasteiger charge is -2.43. The molecule has 2 bridgehead atoms. The monoisotopic (exact) mass is 451 g/mol. The molecule has 3 aromatic rings. The van der Waals surface area contributed by atoms with Crippen molar-refractivity contribution < 1.29 is 19.0 Å². The summed E-state index contributed by atoms with van der Waals surface area (Å²) in [6, 6.07) is 8.88. The van der Waals surface area contributed by atoms with Gasteiger partial charge in [-0.25, -0.2) is 14.4 Å². The van der Waals surface area contributed by atoms with Crippen LogP contribution in [0.4, 0.5) is 4.39 Å². The summed E-state index contributed by atoms with van der Waals surface area (Å²) in [6.45, 7) is 3.99. The van der Waals surface area contributed by atoms with E-state index >= 15 is 4.39 Å². The van der Waals surface area contributed by atoms with Gasteiger partial charge in [-0.1, -0.05) is 11.2 Å². The zero-order valence-corrected chi connectivity index (χ0v) is 18.7. The molecule has 33 heavy (non-hydrogen) atoms. The van der Waals surface area contributed by atoms with E-state index < -0.39 is 17.8 Å². The SMILES string of the molecule is COc1cc(-c2ccc(-c3cnc(O[C@@H]4C[C@@]5(C)CC[C@](C)(N5)[C@@H]4F)nn3)c(O)c2)ccn1. The van der Waals surface area contributed by atoms with Crippen LogP contribution in [0.3, 0.4) is 0 Å². The van der Waals surface area contributed by atoms with Crippen molar-refractivity contribution in [3.8, 4) is 40.0 Å². The highest BCUT2D eigenvalue weighted by Gasteiger charge is 2.56. The average molecular weight is 452 g/mol. The Kier molecular flexibility index (Phi) is 5.16. The van der Waals surface area contributed by atoms with Gasteiger partial charge in [0.15, 0.2) is 6.17 Å². The van der Waals surface area contributed by atoms with Gasteiger partial charge in [-0.15, -0.1) is 5.10 Å². The summed E-state index contributed by atoms with van der Waals surface area (Å²) >= 11 is 0. The molecule has 4 heterocycles. The third kappa shape index (κ3) is 3.97. The number of hydrogen-bond donors (Lipinski definition) is 2. The molecule has 2 fully saturated rings. The minimum Gasteiger partial charge on any atom is -0.507 e. The van der Waals surface area contributed by atoms with Crippen molar-refractivity contribution in [2.75, 3.05) is 7.11 Å². The van der Waals surface area contributed by atoms with Gasteiger partial charge < -0.3 is 19.9 Å². The van der Waals surface area contributed by atoms with E-state index in [1.807, 2.05) is 19.1 Å². The predicted octanol–water partition coefficient (Wildman–Crippen LogP) is 3.70. The number of nitrogens with zero attached hydrogens (tertiary/aromatic N) is 4. The largest absolute Gasteiger partial charge is 0.507 e. The van der Waals surface area contributed by atoms with Crippen LogP contribution in [0.1, 0.15) is 33.1 Å². The molecule has 4 atom stereocenters. The van der Waals surface area contributed by atoms with Crippen molar-refractivity contribution in [2.45, 2.75) is 56.5 Å². The first-order valence-electron chi connectivity index (χ1n) is 10.9. The molecule has 0 saturated carbocycles. The van der Waals surface area contributed by atoms with Gasteiger partial charge in [-0.2, -0.15) is 0 Å². The Morgan fingerprint density at radius 1 is 1.09 bits per heavy atom. The second kappa shape index (κ2) is 7.91. The smallest absolute Gasteiger partial charge is 0.336 e. The summed E-state index contributed by atoms with van der Waals surface area (Å²) in [4.78, 5) is 8.32. The van der Waals surface area contributed by atoms with Crippen LogP contribution in [-0.2, 0) is 0 Å². The van der Waals surface area contributed by atoms with Crippen molar-refractivity contribution in [1.82, 2.24) is 25.5 Å². The van der Waals surface area contributed by atoms with Crippen molar-refractivity contribution >= 4 is 0 Å². The van der Waals surface area contributed by atoms with Crippen LogP contribution in [-0.4, -0.2) is 55.7 Å². The number of nitrogens with one attached hydrogen (secondary N) is 1. The molecule has 2 saturated heterocycles. The standard InChI is InChI=1S/C24H26FN5O3/c1-23-7-8-24(2,30-23)21(25)19(12-23)33-22-27-13-17(28-29-22)16-5-4-14(10-18(16)31)15-6-9-26-20(11-15)32-3/h4-6,9-11,13,19,21,30-31H,7-8,12H2,1-3H3/t19-,21-,23-,24+/m1/s1. The normalized spacial score (nSPS) is 28.5. The molecule has 2 aliphatic rings. The van der Waals surface area contributed by atoms with Crippen molar-refractivity contribution in [1.29, 1.82) is 0 Å². The highest BCUT2D eigenvalue weighted by Crippen LogP contribution is 2.44. The number of aromatic hydroxyl groups is 1. The maximum atomic E-state index is 15.1. The van der Waals surface area contributed by atoms with Gasteiger partial charge >= 0.3 is 6.01 Å². The summed E-state index contributed by atoms with van der Waals surface area (Å²) in [5.41, 5.74) is 1.78. The molecule has 0 amide bonds. The predicted molar refractivity (Wildman–Crippen MR) is 120 cm³/mol. The number of pyridine rings is 1. The summed E-state index contributed by atoms with van der Waals surface area (Å²) < 4.78 is 26.1. The van der Waals surface area contributed by atoms with E-state index in [9.17, 15) is 5.11 Å². The van der Waals surface area contributed by atoms with Crippen LogP contribution < -0.4 is 14.8 Å². The molecule has 0 aliphatic carbocycles. The molecule has 5 rings (SSSR count). The van der Waals surface area contributed by atoms with Crippen molar-refractivity contribution in [2.24, 2.45) is 0 Å². The Morgan fingerprint density at radius 3 is 2.64 bits per heavy atom. The molecule has 2 aliphatic heterocycles. The van der Waals surface area contributed by atoms with Gasteiger partial charge in [0, 0.05) is 29.8 Å². The third-order valence-electron chi connectivity index (χ3n) is 6.72. The van der Waals surface area contributed by atoms with Crippen LogP contribution in [0.2, 0.25) is 0 Å². The van der Waals surface area contributed by atoms with Crippen molar-refractivity contribution in [3.05, 3.63) is 42.7 Å². The molecule has 2 aromatic heterocycles. The first-order valence-corrected chi connectivity index (χ1v) is 10.9. The molecule has 0 spiro atoms. The van der Waals surface area contributed by atoms with E-state index in [1.165, 1.54) is 6.20 Å². The van der Waals surface area contributed by atoms with E-state index in [2.05, 4.69) is 32.4 Å². The second-order valence-electron chi connectivity index (χ2n) is 9.31. The molecular weight excluding hydrogens is 425 g/mol. The first-order chi connectivity index (χ1) is 15.8. The number of hydrogen-bond acceptors (Lipinski definition) is 8. The summed E-state index contributed by atoms with van der Waals surface area (Å²) in [5, 5.41) is 22.2. The number of fused-ring (bicyclic) bond motifs is 2. The van der Waals surface area contributed by atoms with E-state index in [-0.39, 0.29) is 17.3 Å². The van der Waals surface area contributed by atoms with E-state index in [1.54, 1.807) is 31.5 Å². The zero-order valence-electron chi connectivity index (χ0n) is 18.7. The van der Waals surface area contributed by atoms with Gasteiger partial charge in [0.2, 0.25) is 5.88 Å². The van der Waals surface area contributed by atoms with E-state index in [0.717, 1.165) is 24.0 Å². The number of rotatable bonds is 5. The van der Waals surface area contributed by atoms with Gasteiger partial charge in [-0.05, 0) is 56.0 Å². The number of halogens is 1. The Labute approximate surface area is 191 Å². The highest BCUT2D eigenvalue weighted by molar-refractivity contribution is 5.74. The van der Waals surface area contributed by atoms with Crippen LogP contribution in [0.5, 0.6) is 17.6 Å². The number of benzene rings is 1. The van der Waals surface area contributed by atoms with Crippen LogP contribution in [0, 0.1) is 0 Å². The Balaban J connectivity index is 1.33. The summed E-state index contributed by atoms with van der Waals surface area (Å²) in [5.74, 6) is 0.523. The number of aromatic nitrogens is 4. The molecule has 9 heteroatoms. The summed E-state index contributed by atoms with van der Waals surface area (Å²) in [7, 11) is 1.55. The van der Waals surface area contributed by atoms with Crippen LogP contribution >= 0.6 is 0 Å². The fourth-order valence-corrected chi connectivity index (χ4v) is 4.97. The van der Waals surface area contributed by atoms with E-state index in [0.29, 0.717) is 23.6 Å². The lowest BCUT2D eigenvalue weighted by Crippen LogP contribution is -2.63. The number of phenolic OH excluding ortho intramolecular Hbond substituents is 1. The topological polar surface area (TPSA) is 102 Å². The number of piperidine rings is 1. The fraction of sp³-hybridized carbons (Fsp3) is 0.417. The molecule has 1 aromatic carbocycles. The Bertz CT molecular complexity index is 1180. The van der Waals surface area contributed by atoms with Gasteiger partial charge in [0.05, 0.1) is 18.8 Å². The zero-order chi connectivity index (χ0) is 23.2. The van der Waals surface area contributed by atoms with Crippen LogP contribution in [0.25, 0.3) is 22.4 Å². The van der Waals surface area contributed by atoms with Gasteiger partial charge in [0.1, 0.15) is 17.5 Å². The molecule has 0 radical (unpaired) electrons. The number of ether oxygens (including phenoxy) is 2.